The molecule has 5 heteroatoms. The number of hydrogen-bond acceptors (Lipinski definition) is 2. The Morgan fingerprint density at radius 3 is 2.55 bits per heavy atom. The van der Waals surface area contributed by atoms with Crippen LogP contribution in [0.4, 0.5) is 0 Å². The normalized spacial score (nSPS) is 11.9. The quantitative estimate of drug-likeness (QED) is 0.779. The number of benzene rings is 2. The number of para-hydroxylation sites is 1. The first-order chi connectivity index (χ1) is 9.50. The fraction of sp³-hybridized carbons (Fsp3) is 0.0667. The average molecular weight is 306 g/mol. The van der Waals surface area contributed by atoms with Crippen molar-refractivity contribution in [2.75, 3.05) is 0 Å². The molecule has 3 nitrogen and oxygen atoms in total. The lowest BCUT2D eigenvalue weighted by Crippen LogP contribution is -2.03. The summed E-state index contributed by atoms with van der Waals surface area (Å²) in [7, 11) is -3.59. The van der Waals surface area contributed by atoms with Crippen molar-refractivity contribution in [3.05, 3.63) is 59.2 Å². The third-order valence-electron chi connectivity index (χ3n) is 3.21. The Bertz CT molecular complexity index is 897. The van der Waals surface area contributed by atoms with Crippen LogP contribution in [0, 0.1) is 6.92 Å². The Morgan fingerprint density at radius 1 is 1.05 bits per heavy atom. The Labute approximate surface area is 122 Å². The van der Waals surface area contributed by atoms with Gasteiger partial charge >= 0.3 is 0 Å². The Balaban J connectivity index is 2.32. The minimum Gasteiger partial charge on any atom is -0.358 e. The highest BCUT2D eigenvalue weighted by Crippen LogP contribution is 2.31. The van der Waals surface area contributed by atoms with Crippen LogP contribution in [0.15, 0.2) is 58.3 Å². The van der Waals surface area contributed by atoms with Crippen molar-refractivity contribution in [3.63, 3.8) is 0 Å². The maximum absolute atomic E-state index is 12.8. The van der Waals surface area contributed by atoms with E-state index in [9.17, 15) is 8.42 Å². The van der Waals surface area contributed by atoms with Gasteiger partial charge in [-0.1, -0.05) is 35.9 Å². The van der Waals surface area contributed by atoms with Gasteiger partial charge in [-0.2, -0.15) is 0 Å². The van der Waals surface area contributed by atoms with E-state index in [2.05, 4.69) is 4.98 Å². The van der Waals surface area contributed by atoms with Gasteiger partial charge in [0.15, 0.2) is 0 Å². The van der Waals surface area contributed by atoms with Crippen LogP contribution in [-0.2, 0) is 9.84 Å². The SMILES string of the molecule is Cc1[nH]c2ccccc2c1S(=O)(=O)c1cccc(Cl)c1. The van der Waals surface area contributed by atoms with Crippen LogP contribution < -0.4 is 0 Å². The molecule has 0 radical (unpaired) electrons. The van der Waals surface area contributed by atoms with E-state index >= 15 is 0 Å². The summed E-state index contributed by atoms with van der Waals surface area (Å²) in [6.07, 6.45) is 0. The van der Waals surface area contributed by atoms with Gasteiger partial charge < -0.3 is 4.98 Å². The zero-order valence-electron chi connectivity index (χ0n) is 10.7. The molecule has 1 aromatic heterocycles. The van der Waals surface area contributed by atoms with Crippen molar-refractivity contribution in [2.24, 2.45) is 0 Å². The molecule has 1 N–H and O–H groups in total. The van der Waals surface area contributed by atoms with Gasteiger partial charge in [0, 0.05) is 21.6 Å². The molecule has 1 heterocycles. The van der Waals surface area contributed by atoms with Gasteiger partial charge in [-0.05, 0) is 31.2 Å². The molecular weight excluding hydrogens is 294 g/mol. The second-order valence-electron chi connectivity index (χ2n) is 4.59. The summed E-state index contributed by atoms with van der Waals surface area (Å²) in [6.45, 7) is 1.76. The molecule has 3 aromatic rings. The molecule has 20 heavy (non-hydrogen) atoms. The largest absolute Gasteiger partial charge is 0.358 e. The van der Waals surface area contributed by atoms with Gasteiger partial charge in [-0.15, -0.1) is 0 Å². The summed E-state index contributed by atoms with van der Waals surface area (Å²) in [5.41, 5.74) is 1.44. The monoisotopic (exact) mass is 305 g/mol. The van der Waals surface area contributed by atoms with Crippen LogP contribution >= 0.6 is 11.6 Å². The van der Waals surface area contributed by atoms with Gasteiger partial charge in [0.05, 0.1) is 9.79 Å². The molecule has 0 aliphatic heterocycles. The predicted octanol–water partition coefficient (Wildman–Crippen LogP) is 3.96. The number of aromatic amines is 1. The van der Waals surface area contributed by atoms with Crippen LogP contribution in [0.25, 0.3) is 10.9 Å². The first-order valence-electron chi connectivity index (χ1n) is 6.08. The van der Waals surface area contributed by atoms with Crippen molar-refractivity contribution in [3.8, 4) is 0 Å². The second kappa shape index (κ2) is 4.65. The highest BCUT2D eigenvalue weighted by Gasteiger charge is 2.24. The summed E-state index contributed by atoms with van der Waals surface area (Å²) in [4.78, 5) is 3.63. The standard InChI is InChI=1S/C15H12ClNO2S/c1-10-15(13-7-2-3-8-14(13)17-10)20(18,19)12-6-4-5-11(16)9-12/h2-9,17H,1H3. The van der Waals surface area contributed by atoms with Crippen LogP contribution in [0.5, 0.6) is 0 Å². The number of hydrogen-bond donors (Lipinski definition) is 1. The second-order valence-corrected chi connectivity index (χ2v) is 6.91. The number of H-pyrrole nitrogens is 1. The molecule has 2 aromatic carbocycles. The van der Waals surface area contributed by atoms with Crippen molar-refractivity contribution in [1.29, 1.82) is 0 Å². The molecular formula is C15H12ClNO2S. The van der Waals surface area contributed by atoms with Crippen molar-refractivity contribution < 1.29 is 8.42 Å². The number of fused-ring (bicyclic) bond motifs is 1. The van der Waals surface area contributed by atoms with Gasteiger partial charge in [-0.25, -0.2) is 8.42 Å². The molecule has 3 rings (SSSR count). The first-order valence-corrected chi connectivity index (χ1v) is 7.94. The minimum absolute atomic E-state index is 0.206. The molecule has 0 aliphatic rings. The van der Waals surface area contributed by atoms with Crippen molar-refractivity contribution in [2.45, 2.75) is 16.7 Å². The van der Waals surface area contributed by atoms with Gasteiger partial charge in [0.25, 0.3) is 0 Å². The Hall–Kier alpha value is -1.78. The minimum atomic E-state index is -3.59. The van der Waals surface area contributed by atoms with E-state index in [1.165, 1.54) is 6.07 Å². The molecule has 0 aliphatic carbocycles. The zero-order valence-corrected chi connectivity index (χ0v) is 12.3. The number of aryl methyl sites for hydroxylation is 1. The number of halogens is 1. The lowest BCUT2D eigenvalue weighted by molar-refractivity contribution is 0.596. The smallest absolute Gasteiger partial charge is 0.209 e. The summed E-state index contributed by atoms with van der Waals surface area (Å²) in [6, 6.07) is 13.7. The molecule has 0 saturated carbocycles. The van der Waals surface area contributed by atoms with Crippen LogP contribution in [-0.4, -0.2) is 13.4 Å². The van der Waals surface area contributed by atoms with Crippen LogP contribution in [0.1, 0.15) is 5.69 Å². The highest BCUT2D eigenvalue weighted by molar-refractivity contribution is 7.91. The number of aromatic nitrogens is 1. The van der Waals surface area contributed by atoms with Crippen molar-refractivity contribution in [1.82, 2.24) is 4.98 Å². The van der Waals surface area contributed by atoms with Crippen LogP contribution in [0.2, 0.25) is 5.02 Å². The van der Waals surface area contributed by atoms with Gasteiger partial charge in [-0.3, -0.25) is 0 Å². The van der Waals surface area contributed by atoms with E-state index in [0.717, 1.165) is 5.52 Å². The van der Waals surface area contributed by atoms with E-state index in [0.29, 0.717) is 21.0 Å². The number of rotatable bonds is 2. The molecule has 0 amide bonds. The Morgan fingerprint density at radius 2 is 1.80 bits per heavy atom. The van der Waals surface area contributed by atoms with Crippen molar-refractivity contribution >= 4 is 32.3 Å². The summed E-state index contributed by atoms with van der Waals surface area (Å²) >= 11 is 5.90. The molecule has 0 saturated heterocycles. The van der Waals surface area contributed by atoms with Gasteiger partial charge in [0.1, 0.15) is 0 Å². The molecule has 0 fully saturated rings. The molecule has 0 unspecified atom stereocenters. The summed E-state index contributed by atoms with van der Waals surface area (Å²) < 4.78 is 25.6. The third kappa shape index (κ3) is 2.01. The number of nitrogens with one attached hydrogen (secondary N) is 1. The topological polar surface area (TPSA) is 49.9 Å². The zero-order chi connectivity index (χ0) is 14.3. The average Bonchev–Trinajstić information content (AvgIpc) is 2.75. The molecule has 0 spiro atoms. The summed E-state index contributed by atoms with van der Waals surface area (Å²) in [5.74, 6) is 0. The fourth-order valence-electron chi connectivity index (χ4n) is 2.35. The maximum atomic E-state index is 12.8. The highest BCUT2D eigenvalue weighted by atomic mass is 35.5. The van der Waals surface area contributed by atoms with E-state index < -0.39 is 9.84 Å². The van der Waals surface area contributed by atoms with E-state index in [4.69, 9.17) is 11.6 Å². The third-order valence-corrected chi connectivity index (χ3v) is 5.38. The molecule has 0 bridgehead atoms. The Kier molecular flexibility index (Phi) is 3.07. The number of sulfone groups is 1. The lowest BCUT2D eigenvalue weighted by Gasteiger charge is -2.05. The maximum Gasteiger partial charge on any atom is 0.209 e. The van der Waals surface area contributed by atoms with E-state index in [1.807, 2.05) is 18.2 Å². The fourth-order valence-corrected chi connectivity index (χ4v) is 4.30. The van der Waals surface area contributed by atoms with Gasteiger partial charge in [0.2, 0.25) is 9.84 Å². The lowest BCUT2D eigenvalue weighted by atomic mass is 10.2. The first kappa shape index (κ1) is 13.2. The van der Waals surface area contributed by atoms with Crippen LogP contribution in [0.3, 0.4) is 0 Å². The van der Waals surface area contributed by atoms with E-state index in [-0.39, 0.29) is 4.90 Å². The van der Waals surface area contributed by atoms with E-state index in [1.54, 1.807) is 31.2 Å². The molecule has 0 atom stereocenters. The molecule has 102 valence electrons. The summed E-state index contributed by atoms with van der Waals surface area (Å²) in [5, 5.41) is 1.11. The predicted molar refractivity (Wildman–Crippen MR) is 79.9 cm³/mol.